The maximum absolute atomic E-state index is 13.8. The van der Waals surface area contributed by atoms with Gasteiger partial charge in [-0.1, -0.05) is 31.4 Å². The summed E-state index contributed by atoms with van der Waals surface area (Å²) in [6.45, 7) is 2.01. The largest absolute Gasteiger partial charge is 0.466 e. The Morgan fingerprint density at radius 3 is 2.30 bits per heavy atom. The number of rotatable bonds is 7. The molecule has 198 valence electrons. The predicted molar refractivity (Wildman–Crippen MR) is 142 cm³/mol. The average molecular weight is 506 g/mol. The van der Waals surface area contributed by atoms with Gasteiger partial charge in [-0.15, -0.1) is 0 Å². The Morgan fingerprint density at radius 1 is 0.892 bits per heavy atom. The van der Waals surface area contributed by atoms with E-state index in [1.165, 1.54) is 51.4 Å². The number of benzene rings is 1. The molecule has 37 heavy (non-hydrogen) atoms. The average Bonchev–Trinajstić information content (AvgIpc) is 3.16. The van der Waals surface area contributed by atoms with Crippen LogP contribution in [0.4, 0.5) is 0 Å². The molecule has 2 saturated carbocycles. The van der Waals surface area contributed by atoms with Gasteiger partial charge in [0.2, 0.25) is 0 Å². The molecule has 2 aliphatic heterocycles. The van der Waals surface area contributed by atoms with Crippen LogP contribution in [0.2, 0.25) is 0 Å². The summed E-state index contributed by atoms with van der Waals surface area (Å²) in [4.78, 5) is 46.0. The van der Waals surface area contributed by atoms with E-state index in [1.807, 2.05) is 28.8 Å². The van der Waals surface area contributed by atoms with E-state index >= 15 is 0 Å². The van der Waals surface area contributed by atoms with E-state index < -0.39 is 5.97 Å². The summed E-state index contributed by atoms with van der Waals surface area (Å²) in [5, 5.41) is 0. The molecule has 7 heteroatoms. The van der Waals surface area contributed by atoms with Gasteiger partial charge in [0.15, 0.2) is 11.5 Å². The van der Waals surface area contributed by atoms with Crippen LogP contribution in [0.5, 0.6) is 0 Å². The summed E-state index contributed by atoms with van der Waals surface area (Å²) in [7, 11) is 0. The molecule has 0 amide bonds. The number of para-hydroxylation sites is 2. The smallest absolute Gasteiger partial charge is 0.306 e. The van der Waals surface area contributed by atoms with Crippen LogP contribution in [-0.4, -0.2) is 50.9 Å². The van der Waals surface area contributed by atoms with E-state index in [2.05, 4.69) is 9.88 Å². The van der Waals surface area contributed by atoms with Crippen LogP contribution in [0.3, 0.4) is 0 Å². The van der Waals surface area contributed by atoms with Gasteiger partial charge in [-0.05, 0) is 75.8 Å². The monoisotopic (exact) mass is 505 g/mol. The van der Waals surface area contributed by atoms with Crippen LogP contribution >= 0.6 is 0 Å². The molecule has 4 fully saturated rings. The predicted octanol–water partition coefficient (Wildman–Crippen LogP) is 5.06. The van der Waals surface area contributed by atoms with Crippen molar-refractivity contribution in [1.82, 2.24) is 14.5 Å². The third-order valence-electron chi connectivity index (χ3n) is 9.57. The molecule has 4 unspecified atom stereocenters. The summed E-state index contributed by atoms with van der Waals surface area (Å²) >= 11 is 0. The number of carbonyl (C=O) groups is 2. The number of ketones is 1. The zero-order chi connectivity index (χ0) is 25.5. The van der Waals surface area contributed by atoms with Crippen molar-refractivity contribution < 1.29 is 14.3 Å². The van der Waals surface area contributed by atoms with E-state index in [9.17, 15) is 14.4 Å². The van der Waals surface area contributed by atoms with E-state index in [4.69, 9.17) is 4.74 Å². The second kappa shape index (κ2) is 10.3. The topological polar surface area (TPSA) is 81.5 Å². The second-order valence-electron chi connectivity index (χ2n) is 11.8. The molecule has 2 aliphatic carbocycles. The molecule has 6 rings (SSSR count). The molecule has 3 heterocycles. The maximum atomic E-state index is 13.8. The molecular formula is C30H39N3O4. The minimum Gasteiger partial charge on any atom is -0.466 e. The lowest BCUT2D eigenvalue weighted by Gasteiger charge is -2.49. The molecule has 4 bridgehead atoms. The van der Waals surface area contributed by atoms with Gasteiger partial charge in [0.05, 0.1) is 24.1 Å². The number of ether oxygens (including phenoxy) is 1. The van der Waals surface area contributed by atoms with Crippen molar-refractivity contribution in [3.8, 4) is 0 Å². The zero-order valence-electron chi connectivity index (χ0n) is 21.9. The number of hydrogen-bond donors (Lipinski definition) is 0. The highest BCUT2D eigenvalue weighted by Crippen LogP contribution is 2.48. The highest BCUT2D eigenvalue weighted by molar-refractivity contribution is 5.97. The number of aromatic nitrogens is 2. The fourth-order valence-corrected chi connectivity index (χ4v) is 8.20. The molecule has 1 aromatic heterocycles. The number of fused-ring (bicyclic) bond motifs is 5. The van der Waals surface area contributed by atoms with Gasteiger partial charge in [0.25, 0.3) is 5.56 Å². The molecule has 2 aromatic rings. The molecule has 0 spiro atoms. The first-order valence-electron chi connectivity index (χ1n) is 14.5. The van der Waals surface area contributed by atoms with Crippen LogP contribution in [0, 0.1) is 11.8 Å². The van der Waals surface area contributed by atoms with E-state index in [-0.39, 0.29) is 42.5 Å². The van der Waals surface area contributed by atoms with Crippen molar-refractivity contribution in [2.24, 2.45) is 11.8 Å². The maximum Gasteiger partial charge on any atom is 0.306 e. The summed E-state index contributed by atoms with van der Waals surface area (Å²) in [5.41, 5.74) is 1.12. The number of esters is 1. The van der Waals surface area contributed by atoms with Crippen molar-refractivity contribution in [3.63, 3.8) is 0 Å². The van der Waals surface area contributed by atoms with Gasteiger partial charge in [-0.2, -0.15) is 0 Å². The third kappa shape index (κ3) is 4.75. The van der Waals surface area contributed by atoms with Gasteiger partial charge in [-0.3, -0.25) is 19.3 Å². The normalized spacial score (nSPS) is 31.4. The molecule has 0 N–H and O–H groups in total. The van der Waals surface area contributed by atoms with Gasteiger partial charge >= 0.3 is 5.97 Å². The van der Waals surface area contributed by atoms with Gasteiger partial charge in [-0.25, -0.2) is 4.98 Å². The number of carbonyl (C=O) groups excluding carboxylic acids is 2. The third-order valence-corrected chi connectivity index (χ3v) is 9.57. The summed E-state index contributed by atoms with van der Waals surface area (Å²) in [6.07, 6.45) is 12.6. The quantitative estimate of drug-likeness (QED) is 0.387. The van der Waals surface area contributed by atoms with E-state index in [0.717, 1.165) is 30.2 Å². The van der Waals surface area contributed by atoms with Gasteiger partial charge in [0, 0.05) is 30.6 Å². The van der Waals surface area contributed by atoms with Crippen LogP contribution in [0.15, 0.2) is 29.1 Å². The second-order valence-corrected chi connectivity index (χ2v) is 11.8. The zero-order valence-corrected chi connectivity index (χ0v) is 21.9. The fraction of sp³-hybridized carbons (Fsp3) is 0.667. The molecular weight excluding hydrogens is 466 g/mol. The number of hydrogen-bond acceptors (Lipinski definition) is 6. The van der Waals surface area contributed by atoms with Crippen LogP contribution in [0.25, 0.3) is 11.0 Å². The number of Topliss-reactive ketones (excluding diaryl/α,β-unsaturated/α-hetero) is 1. The fourth-order valence-electron chi connectivity index (χ4n) is 8.20. The Kier molecular flexibility index (Phi) is 6.91. The first-order chi connectivity index (χ1) is 18.0. The Balaban J connectivity index is 1.27. The minimum absolute atomic E-state index is 0.0352. The number of nitrogens with zero attached hydrogens (tertiary/aromatic N) is 3. The van der Waals surface area contributed by atoms with Gasteiger partial charge in [0.1, 0.15) is 0 Å². The first-order valence-corrected chi connectivity index (χ1v) is 14.5. The molecule has 0 radical (unpaired) electrons. The lowest BCUT2D eigenvalue weighted by atomic mass is 9.69. The Morgan fingerprint density at radius 2 is 1.59 bits per heavy atom. The van der Waals surface area contributed by atoms with E-state index in [0.29, 0.717) is 23.6 Å². The molecule has 4 atom stereocenters. The van der Waals surface area contributed by atoms with Crippen molar-refractivity contribution in [2.75, 3.05) is 6.61 Å². The molecule has 4 aliphatic rings. The van der Waals surface area contributed by atoms with E-state index in [1.54, 1.807) is 6.92 Å². The SMILES string of the molecule is CCOC(=O)CCC(=O)c1nc2ccccc2n(C2CC3CCC(C2)N3C2CC3CCCC(C3)C2)c1=O. The van der Waals surface area contributed by atoms with Gasteiger partial charge < -0.3 is 9.30 Å². The molecule has 1 aromatic carbocycles. The Bertz CT molecular complexity index is 1210. The Labute approximate surface area is 218 Å². The highest BCUT2D eigenvalue weighted by atomic mass is 16.5. The van der Waals surface area contributed by atoms with Crippen molar-refractivity contribution in [2.45, 2.75) is 108 Å². The summed E-state index contributed by atoms with van der Waals surface area (Å²) in [6, 6.07) is 9.44. The lowest BCUT2D eigenvalue weighted by molar-refractivity contribution is -0.143. The van der Waals surface area contributed by atoms with Crippen LogP contribution < -0.4 is 5.56 Å². The molecule has 2 saturated heterocycles. The van der Waals surface area contributed by atoms with Crippen LogP contribution in [-0.2, 0) is 9.53 Å². The highest BCUT2D eigenvalue weighted by Gasteiger charge is 2.47. The Hall–Kier alpha value is -2.54. The number of piperidine rings is 1. The lowest BCUT2D eigenvalue weighted by Crippen LogP contribution is -2.52. The standard InChI is InChI=1S/C30H39N3O4/c1-2-37-28(35)13-12-27(34)29-30(36)33(26-9-4-3-8-25(26)31-29)24-17-21-10-11-22(18-24)32(21)23-15-19-6-5-7-20(14-19)16-23/h3-4,8-9,19-24H,2,5-7,10-18H2,1H3. The van der Waals surface area contributed by atoms with Crippen molar-refractivity contribution in [1.29, 1.82) is 0 Å². The van der Waals surface area contributed by atoms with Crippen molar-refractivity contribution >= 4 is 22.8 Å². The first kappa shape index (κ1) is 24.8. The summed E-state index contributed by atoms with van der Waals surface area (Å²) < 4.78 is 6.84. The molecule has 7 nitrogen and oxygen atoms in total. The van der Waals surface area contributed by atoms with Crippen molar-refractivity contribution in [3.05, 3.63) is 40.3 Å². The summed E-state index contributed by atoms with van der Waals surface area (Å²) in [5.74, 6) is 1.01. The van der Waals surface area contributed by atoms with Crippen LogP contribution in [0.1, 0.15) is 101 Å². The minimum atomic E-state index is -0.423.